The number of carboxylic acid groups (broad SMARTS) is 4. The predicted octanol–water partition coefficient (Wildman–Crippen LogP) is 3.17. The van der Waals surface area contributed by atoms with Gasteiger partial charge in [-0.1, -0.05) is 90.4 Å². The van der Waals surface area contributed by atoms with Crippen LogP contribution < -0.4 is 31.9 Å². The summed E-state index contributed by atoms with van der Waals surface area (Å²) in [5.41, 5.74) is 0. The Bertz CT molecular complexity index is 1770. The van der Waals surface area contributed by atoms with Crippen LogP contribution in [0.1, 0.15) is 174 Å². The van der Waals surface area contributed by atoms with Gasteiger partial charge >= 0.3 is 23.9 Å². The number of rotatable bonds is 54. The molecule has 0 aromatic carbocycles. The molecule has 6 amide bonds. The number of ketones is 1. The number of aliphatic carboxylic acids is 4. The van der Waals surface area contributed by atoms with Gasteiger partial charge in [0.2, 0.25) is 35.4 Å². The minimum atomic E-state index is -1.47. The molecule has 0 heterocycles. The molecule has 0 unspecified atom stereocenters. The fraction of sp³-hybridized carbons (Fsp3) is 0.792. The molecular formula is C53H92N6O19. The first-order valence-electron chi connectivity index (χ1n) is 27.7. The number of nitrogens with one attached hydrogen (secondary N) is 6. The highest BCUT2D eigenvalue weighted by molar-refractivity contribution is 5.87. The number of hydrogen-bond acceptors (Lipinski definition) is 15. The number of carbonyl (C=O) groups excluding carboxylic acids is 7. The Morgan fingerprint density at radius 3 is 1.12 bits per heavy atom. The first kappa shape index (κ1) is 72.2. The van der Waals surface area contributed by atoms with Gasteiger partial charge in [0, 0.05) is 57.7 Å². The van der Waals surface area contributed by atoms with Crippen LogP contribution in [0.25, 0.3) is 0 Å². The van der Waals surface area contributed by atoms with Crippen molar-refractivity contribution in [3.05, 3.63) is 0 Å². The molecule has 0 aromatic heterocycles. The molecule has 0 fully saturated rings. The maximum absolute atomic E-state index is 12.4. The highest BCUT2D eigenvalue weighted by Gasteiger charge is 2.25. The largest absolute Gasteiger partial charge is 0.481 e. The third-order valence-corrected chi connectivity index (χ3v) is 12.4. The first-order valence-corrected chi connectivity index (χ1v) is 27.7. The average molecular weight is 1120 g/mol. The molecule has 0 aliphatic carbocycles. The van der Waals surface area contributed by atoms with Gasteiger partial charge < -0.3 is 71.3 Å². The van der Waals surface area contributed by atoms with E-state index in [1.807, 2.05) is 6.92 Å². The molecule has 0 spiro atoms. The van der Waals surface area contributed by atoms with Gasteiger partial charge in [-0.15, -0.1) is 0 Å². The van der Waals surface area contributed by atoms with Crippen LogP contribution in [0.2, 0.25) is 0 Å². The van der Waals surface area contributed by atoms with E-state index >= 15 is 0 Å². The zero-order chi connectivity index (χ0) is 58.2. The third-order valence-electron chi connectivity index (χ3n) is 12.4. The number of unbranched alkanes of at least 4 members (excludes halogenated alkanes) is 14. The number of carboxylic acids is 4. The Morgan fingerprint density at radius 2 is 0.692 bits per heavy atom. The molecule has 0 aliphatic heterocycles. The summed E-state index contributed by atoms with van der Waals surface area (Å²) in [4.78, 5) is 130. The minimum absolute atomic E-state index is 0.0403. The molecule has 0 bridgehead atoms. The van der Waals surface area contributed by atoms with Gasteiger partial charge in [0.15, 0.2) is 0 Å². The van der Waals surface area contributed by atoms with Crippen LogP contribution in [-0.2, 0) is 71.7 Å². The van der Waals surface area contributed by atoms with E-state index in [-0.39, 0.29) is 122 Å². The fourth-order valence-electron chi connectivity index (χ4n) is 7.58. The standard InChI is InChI=1S/C53H92N6O19/c1-39(40(2)60)19-17-18-28-54-44(61)25-22-42(52(71)72)58-47(64)27-24-43(53(73)74)59-49(66)38-78-36-34-76-32-30-56-48(65)37-77-35-33-75-31-29-55-45(62)26-23-41(51(69)70)57-46(63)20-15-13-11-9-7-5-3-4-6-8-10-12-14-16-21-50(67)68/h39,41-43H,3-38H2,1-2H3,(H,54,61)(H,55,62)(H,56,65)(H,57,63)(H,58,64)(H,59,66)(H,67,68)(H,69,70)(H,71,72)(H,73,74)/t39-,41-,42-,43-/m0/s1. The summed E-state index contributed by atoms with van der Waals surface area (Å²) >= 11 is 0. The van der Waals surface area contributed by atoms with Crippen LogP contribution in [0, 0.1) is 5.92 Å². The summed E-state index contributed by atoms with van der Waals surface area (Å²) < 4.78 is 21.2. The van der Waals surface area contributed by atoms with Crippen LogP contribution in [0.4, 0.5) is 0 Å². The Hall–Kier alpha value is -5.79. The molecule has 25 nitrogen and oxygen atoms in total. The molecule has 0 saturated heterocycles. The van der Waals surface area contributed by atoms with E-state index in [0.29, 0.717) is 25.8 Å². The van der Waals surface area contributed by atoms with Crippen LogP contribution in [-0.4, -0.2) is 176 Å². The third kappa shape index (κ3) is 45.3. The van der Waals surface area contributed by atoms with Gasteiger partial charge in [0.1, 0.15) is 37.1 Å². The second-order valence-corrected chi connectivity index (χ2v) is 19.2. The van der Waals surface area contributed by atoms with E-state index < -0.39 is 84.6 Å². The Morgan fingerprint density at radius 1 is 0.346 bits per heavy atom. The molecule has 0 saturated carbocycles. The molecule has 0 radical (unpaired) electrons. The van der Waals surface area contributed by atoms with Crippen molar-refractivity contribution < 1.29 is 92.1 Å². The van der Waals surface area contributed by atoms with E-state index in [1.165, 1.54) is 39.0 Å². The van der Waals surface area contributed by atoms with Crippen molar-refractivity contribution >= 4 is 65.1 Å². The van der Waals surface area contributed by atoms with E-state index in [2.05, 4.69) is 31.9 Å². The maximum Gasteiger partial charge on any atom is 0.326 e. The van der Waals surface area contributed by atoms with Crippen LogP contribution in [0.5, 0.6) is 0 Å². The van der Waals surface area contributed by atoms with Crippen LogP contribution >= 0.6 is 0 Å². The number of Topliss-reactive ketones (excluding diaryl/α,β-unsaturated/α-hetero) is 1. The van der Waals surface area contributed by atoms with Gasteiger partial charge in [-0.3, -0.25) is 38.4 Å². The van der Waals surface area contributed by atoms with Crippen molar-refractivity contribution in [2.24, 2.45) is 5.92 Å². The monoisotopic (exact) mass is 1120 g/mol. The van der Waals surface area contributed by atoms with Gasteiger partial charge in [-0.25, -0.2) is 14.4 Å². The Labute approximate surface area is 458 Å². The van der Waals surface area contributed by atoms with Gasteiger partial charge in [-0.05, 0) is 51.9 Å². The average Bonchev–Trinajstić information content (AvgIpc) is 3.38. The molecule has 78 heavy (non-hydrogen) atoms. The van der Waals surface area contributed by atoms with Crippen LogP contribution in [0.15, 0.2) is 0 Å². The smallest absolute Gasteiger partial charge is 0.326 e. The summed E-state index contributed by atoms with van der Waals surface area (Å²) in [6.45, 7) is 3.73. The molecule has 0 aromatic rings. The number of amides is 6. The molecule has 0 aliphatic rings. The second kappa shape index (κ2) is 48.3. The second-order valence-electron chi connectivity index (χ2n) is 19.2. The highest BCUT2D eigenvalue weighted by atomic mass is 16.5. The van der Waals surface area contributed by atoms with Crippen molar-refractivity contribution in [2.45, 2.75) is 192 Å². The zero-order valence-corrected chi connectivity index (χ0v) is 46.2. The molecule has 0 rings (SSSR count). The Kier molecular flexibility index (Phi) is 44.8. The molecule has 10 N–H and O–H groups in total. The van der Waals surface area contributed by atoms with Crippen molar-refractivity contribution in [1.82, 2.24) is 31.9 Å². The van der Waals surface area contributed by atoms with Crippen molar-refractivity contribution in [1.29, 1.82) is 0 Å². The Balaban J connectivity index is 3.95. The minimum Gasteiger partial charge on any atom is -0.481 e. The summed E-state index contributed by atoms with van der Waals surface area (Å²) in [5, 5.41) is 52.2. The summed E-state index contributed by atoms with van der Waals surface area (Å²) in [7, 11) is 0. The van der Waals surface area contributed by atoms with Crippen molar-refractivity contribution in [2.75, 3.05) is 72.5 Å². The highest BCUT2D eigenvalue weighted by Crippen LogP contribution is 2.14. The van der Waals surface area contributed by atoms with Crippen LogP contribution in [0.3, 0.4) is 0 Å². The first-order chi connectivity index (χ1) is 37.3. The summed E-state index contributed by atoms with van der Waals surface area (Å²) in [6.07, 6.45) is 16.0. The molecule has 25 heteroatoms. The summed E-state index contributed by atoms with van der Waals surface area (Å²) in [6, 6.07) is -4.05. The van der Waals surface area contributed by atoms with E-state index in [0.717, 1.165) is 57.8 Å². The normalized spacial score (nSPS) is 12.5. The van der Waals surface area contributed by atoms with Gasteiger partial charge in [0.25, 0.3) is 0 Å². The lowest BCUT2D eigenvalue weighted by Crippen LogP contribution is -2.45. The molecule has 4 atom stereocenters. The van der Waals surface area contributed by atoms with E-state index in [9.17, 15) is 68.1 Å². The van der Waals surface area contributed by atoms with E-state index in [4.69, 9.17) is 24.1 Å². The SMILES string of the molecule is CC(=O)[C@@H](C)CCCCNC(=O)CC[C@H](NC(=O)CC[C@H](NC(=O)COCCOCCNC(=O)COCCOCCNC(=O)CC[C@H](NC(=O)CCCCCCCCCCCCCCCCC(=O)O)C(=O)O)C(=O)O)C(=O)O. The zero-order valence-electron chi connectivity index (χ0n) is 46.2. The van der Waals surface area contributed by atoms with Crippen molar-refractivity contribution in [3.63, 3.8) is 0 Å². The van der Waals surface area contributed by atoms with Gasteiger partial charge in [-0.2, -0.15) is 0 Å². The predicted molar refractivity (Wildman–Crippen MR) is 284 cm³/mol. The molecular weight excluding hydrogens is 1020 g/mol. The quantitative estimate of drug-likeness (QED) is 0.0391. The van der Waals surface area contributed by atoms with E-state index in [1.54, 1.807) is 0 Å². The number of hydrogen-bond donors (Lipinski definition) is 10. The maximum atomic E-state index is 12.4. The topological polar surface area (TPSA) is 378 Å². The number of ether oxygens (including phenoxy) is 4. The summed E-state index contributed by atoms with van der Waals surface area (Å²) in [5.74, 6) is -7.84. The molecule has 448 valence electrons. The number of carbonyl (C=O) groups is 11. The van der Waals surface area contributed by atoms with Crippen molar-refractivity contribution in [3.8, 4) is 0 Å². The lowest BCUT2D eigenvalue weighted by molar-refractivity contribution is -0.144. The fourth-order valence-corrected chi connectivity index (χ4v) is 7.58. The lowest BCUT2D eigenvalue weighted by atomic mass is 10.0. The van der Waals surface area contributed by atoms with Gasteiger partial charge in [0.05, 0.1) is 39.6 Å². The lowest BCUT2D eigenvalue weighted by Gasteiger charge is -2.17.